The summed E-state index contributed by atoms with van der Waals surface area (Å²) in [6.07, 6.45) is 2.74. The average molecular weight is 292 g/mol. The number of imidazole rings is 1. The van der Waals surface area contributed by atoms with Gasteiger partial charge in [-0.25, -0.2) is 19.3 Å². The number of halogens is 2. The Hall–Kier alpha value is -2.54. The van der Waals surface area contributed by atoms with Gasteiger partial charge in [-0.05, 0) is 29.8 Å². The zero-order valence-corrected chi connectivity index (χ0v) is 10.6. The summed E-state index contributed by atoms with van der Waals surface area (Å²) in [4.78, 5) is 26.2. The van der Waals surface area contributed by atoms with E-state index < -0.39 is 11.7 Å². The SMILES string of the molecule is O=C(Nc1cnc(Cl)nc1)c1nc2ccc(F)cc2[nH]1. The number of amides is 1. The highest BCUT2D eigenvalue weighted by atomic mass is 35.5. The molecule has 0 spiro atoms. The van der Waals surface area contributed by atoms with Crippen molar-refractivity contribution in [3.63, 3.8) is 0 Å². The van der Waals surface area contributed by atoms with Crippen LogP contribution in [0.1, 0.15) is 10.6 Å². The summed E-state index contributed by atoms with van der Waals surface area (Å²) in [5.41, 5.74) is 1.33. The molecule has 100 valence electrons. The number of anilines is 1. The van der Waals surface area contributed by atoms with Gasteiger partial charge in [-0.15, -0.1) is 0 Å². The number of aromatic nitrogens is 4. The summed E-state index contributed by atoms with van der Waals surface area (Å²) in [7, 11) is 0. The van der Waals surface area contributed by atoms with Crippen LogP contribution >= 0.6 is 11.6 Å². The van der Waals surface area contributed by atoms with E-state index in [1.807, 2.05) is 0 Å². The van der Waals surface area contributed by atoms with Crippen LogP contribution in [-0.4, -0.2) is 25.8 Å². The van der Waals surface area contributed by atoms with Crippen molar-refractivity contribution in [2.45, 2.75) is 0 Å². The number of nitrogens with one attached hydrogen (secondary N) is 2. The lowest BCUT2D eigenvalue weighted by molar-refractivity contribution is 0.101. The van der Waals surface area contributed by atoms with Crippen molar-refractivity contribution in [1.29, 1.82) is 0 Å². The van der Waals surface area contributed by atoms with Gasteiger partial charge < -0.3 is 10.3 Å². The second-order valence-corrected chi connectivity index (χ2v) is 4.28. The lowest BCUT2D eigenvalue weighted by Crippen LogP contribution is -2.13. The van der Waals surface area contributed by atoms with Crippen LogP contribution < -0.4 is 5.32 Å². The van der Waals surface area contributed by atoms with E-state index in [0.29, 0.717) is 16.7 Å². The number of hydrogen-bond acceptors (Lipinski definition) is 4. The number of benzene rings is 1. The number of aromatic amines is 1. The normalized spacial score (nSPS) is 10.7. The minimum atomic E-state index is -0.479. The second kappa shape index (κ2) is 4.86. The number of H-pyrrole nitrogens is 1. The van der Waals surface area contributed by atoms with Gasteiger partial charge >= 0.3 is 0 Å². The first-order chi connectivity index (χ1) is 9.61. The van der Waals surface area contributed by atoms with Crippen LogP contribution in [0.5, 0.6) is 0 Å². The molecule has 2 aromatic heterocycles. The van der Waals surface area contributed by atoms with Crippen molar-refractivity contribution in [2.24, 2.45) is 0 Å². The molecule has 0 bridgehead atoms. The van der Waals surface area contributed by atoms with Crippen molar-refractivity contribution in [2.75, 3.05) is 5.32 Å². The maximum absolute atomic E-state index is 13.1. The van der Waals surface area contributed by atoms with E-state index in [1.165, 1.54) is 30.6 Å². The second-order valence-electron chi connectivity index (χ2n) is 3.94. The molecule has 2 heterocycles. The zero-order chi connectivity index (χ0) is 14.1. The van der Waals surface area contributed by atoms with Gasteiger partial charge in [-0.1, -0.05) is 0 Å². The summed E-state index contributed by atoms with van der Waals surface area (Å²) < 4.78 is 13.1. The molecule has 2 N–H and O–H groups in total. The lowest BCUT2D eigenvalue weighted by atomic mass is 10.3. The maximum Gasteiger partial charge on any atom is 0.291 e. The molecule has 0 unspecified atom stereocenters. The minimum absolute atomic E-state index is 0.0700. The van der Waals surface area contributed by atoms with E-state index in [9.17, 15) is 9.18 Å². The van der Waals surface area contributed by atoms with Crippen molar-refractivity contribution < 1.29 is 9.18 Å². The summed E-state index contributed by atoms with van der Waals surface area (Å²) in [6, 6.07) is 4.03. The molecule has 0 aliphatic rings. The van der Waals surface area contributed by atoms with E-state index in [1.54, 1.807) is 0 Å². The summed E-state index contributed by atoms with van der Waals surface area (Å²) in [5, 5.41) is 2.64. The predicted molar refractivity (Wildman–Crippen MR) is 71.0 cm³/mol. The maximum atomic E-state index is 13.1. The van der Waals surface area contributed by atoms with E-state index in [2.05, 4.69) is 25.3 Å². The lowest BCUT2D eigenvalue weighted by Gasteiger charge is -2.01. The molecule has 0 fully saturated rings. The Bertz CT molecular complexity index is 786. The Morgan fingerprint density at radius 2 is 2.05 bits per heavy atom. The fourth-order valence-corrected chi connectivity index (χ4v) is 1.75. The standard InChI is InChI=1S/C12H7ClFN5O/c13-12-15-4-7(5-16-12)17-11(20)10-18-8-2-1-6(14)3-9(8)19-10/h1-5H,(H,17,20)(H,18,19). The quantitative estimate of drug-likeness (QED) is 0.710. The van der Waals surface area contributed by atoms with Gasteiger partial charge in [0.15, 0.2) is 5.82 Å². The van der Waals surface area contributed by atoms with Crippen LogP contribution in [0.2, 0.25) is 5.28 Å². The molecule has 0 radical (unpaired) electrons. The topological polar surface area (TPSA) is 83.6 Å². The van der Waals surface area contributed by atoms with Gasteiger partial charge in [-0.3, -0.25) is 4.79 Å². The molecule has 0 saturated carbocycles. The smallest absolute Gasteiger partial charge is 0.291 e. The molecule has 3 aromatic rings. The molecular weight excluding hydrogens is 285 g/mol. The molecule has 0 atom stereocenters. The molecule has 0 aliphatic heterocycles. The number of nitrogens with zero attached hydrogens (tertiary/aromatic N) is 3. The first-order valence-electron chi connectivity index (χ1n) is 5.56. The van der Waals surface area contributed by atoms with Gasteiger partial charge in [0.1, 0.15) is 5.82 Å². The van der Waals surface area contributed by atoms with Gasteiger partial charge in [0.05, 0.1) is 29.1 Å². The third-order valence-corrected chi connectivity index (χ3v) is 2.73. The van der Waals surface area contributed by atoms with Crippen molar-refractivity contribution >= 4 is 34.2 Å². The first-order valence-corrected chi connectivity index (χ1v) is 5.94. The number of rotatable bonds is 2. The molecule has 0 saturated heterocycles. The monoisotopic (exact) mass is 291 g/mol. The summed E-state index contributed by atoms with van der Waals surface area (Å²) in [6.45, 7) is 0. The highest BCUT2D eigenvalue weighted by molar-refractivity contribution is 6.28. The Balaban J connectivity index is 1.86. The fraction of sp³-hybridized carbons (Fsp3) is 0. The molecule has 8 heteroatoms. The Kier molecular flexibility index (Phi) is 3.03. The van der Waals surface area contributed by atoms with Crippen LogP contribution in [0.4, 0.5) is 10.1 Å². The Labute approximate surface area is 117 Å². The van der Waals surface area contributed by atoms with Gasteiger partial charge in [0, 0.05) is 0 Å². The summed E-state index contributed by atoms with van der Waals surface area (Å²) in [5.74, 6) is -0.813. The molecular formula is C12H7ClFN5O. The van der Waals surface area contributed by atoms with E-state index in [0.717, 1.165) is 0 Å². The first kappa shape index (κ1) is 12.5. The fourth-order valence-electron chi connectivity index (χ4n) is 1.66. The molecule has 1 amide bonds. The minimum Gasteiger partial charge on any atom is -0.334 e. The number of carbonyl (C=O) groups excluding carboxylic acids is 1. The molecule has 20 heavy (non-hydrogen) atoms. The Morgan fingerprint density at radius 1 is 1.30 bits per heavy atom. The van der Waals surface area contributed by atoms with Crippen LogP contribution in [0, 0.1) is 5.82 Å². The molecule has 6 nitrogen and oxygen atoms in total. The van der Waals surface area contributed by atoms with Gasteiger partial charge in [0.25, 0.3) is 5.91 Å². The van der Waals surface area contributed by atoms with Gasteiger partial charge in [-0.2, -0.15) is 0 Å². The van der Waals surface area contributed by atoms with Crippen molar-refractivity contribution in [3.05, 3.63) is 47.5 Å². The molecule has 0 aliphatic carbocycles. The third-order valence-electron chi connectivity index (χ3n) is 2.54. The Morgan fingerprint density at radius 3 is 2.80 bits per heavy atom. The molecule has 1 aromatic carbocycles. The van der Waals surface area contributed by atoms with Crippen molar-refractivity contribution in [1.82, 2.24) is 19.9 Å². The highest BCUT2D eigenvalue weighted by Crippen LogP contribution is 2.14. The number of carbonyl (C=O) groups is 1. The van der Waals surface area contributed by atoms with Crippen LogP contribution in [-0.2, 0) is 0 Å². The zero-order valence-electron chi connectivity index (χ0n) is 9.89. The summed E-state index contributed by atoms with van der Waals surface area (Å²) >= 11 is 5.54. The third kappa shape index (κ3) is 2.43. The van der Waals surface area contributed by atoms with Gasteiger partial charge in [0.2, 0.25) is 5.28 Å². The van der Waals surface area contributed by atoms with Crippen LogP contribution in [0.15, 0.2) is 30.6 Å². The van der Waals surface area contributed by atoms with E-state index >= 15 is 0 Å². The number of fused-ring (bicyclic) bond motifs is 1. The van der Waals surface area contributed by atoms with Crippen LogP contribution in [0.25, 0.3) is 11.0 Å². The highest BCUT2D eigenvalue weighted by Gasteiger charge is 2.12. The number of hydrogen-bond donors (Lipinski definition) is 2. The largest absolute Gasteiger partial charge is 0.334 e. The van der Waals surface area contributed by atoms with Crippen LogP contribution in [0.3, 0.4) is 0 Å². The van der Waals surface area contributed by atoms with E-state index in [-0.39, 0.29) is 11.1 Å². The average Bonchev–Trinajstić information content (AvgIpc) is 2.84. The van der Waals surface area contributed by atoms with E-state index in [4.69, 9.17) is 11.6 Å². The molecule has 3 rings (SSSR count). The predicted octanol–water partition coefficient (Wildman–Crippen LogP) is 2.40. The van der Waals surface area contributed by atoms with Crippen molar-refractivity contribution in [3.8, 4) is 0 Å².